The van der Waals surface area contributed by atoms with Crippen LogP contribution in [-0.2, 0) is 0 Å². The maximum absolute atomic E-state index is 4.41. The van der Waals surface area contributed by atoms with Crippen molar-refractivity contribution >= 4 is 12.6 Å². The van der Waals surface area contributed by atoms with Gasteiger partial charge in [-0.1, -0.05) is 27.7 Å². The van der Waals surface area contributed by atoms with E-state index in [4.69, 9.17) is 0 Å². The molecule has 0 aliphatic heterocycles. The van der Waals surface area contributed by atoms with Gasteiger partial charge in [-0.25, -0.2) is 0 Å². The van der Waals surface area contributed by atoms with E-state index in [1.807, 2.05) is 0 Å². The summed E-state index contributed by atoms with van der Waals surface area (Å²) in [5.41, 5.74) is 0.382. The average Bonchev–Trinajstić information content (AvgIpc) is 1.80. The van der Waals surface area contributed by atoms with Gasteiger partial charge in [0.05, 0.1) is 0 Å². The first-order chi connectivity index (χ1) is 4.87. The maximum Gasteiger partial charge on any atom is 0.0499 e. The zero-order chi connectivity index (χ0) is 9.07. The fourth-order valence-corrected chi connectivity index (χ4v) is 1.36. The van der Waals surface area contributed by atoms with Gasteiger partial charge < -0.3 is 0 Å². The SMILES string of the molecule is CCN(CC(C)(C)C)C(C)S. The van der Waals surface area contributed by atoms with E-state index in [1.165, 1.54) is 0 Å². The van der Waals surface area contributed by atoms with Gasteiger partial charge in [0.2, 0.25) is 0 Å². The summed E-state index contributed by atoms with van der Waals surface area (Å²) in [6.45, 7) is 13.3. The number of nitrogens with zero attached hydrogens (tertiary/aromatic N) is 1. The van der Waals surface area contributed by atoms with Crippen LogP contribution in [0.3, 0.4) is 0 Å². The van der Waals surface area contributed by atoms with Crippen molar-refractivity contribution in [2.45, 2.75) is 40.0 Å². The predicted octanol–water partition coefficient (Wildman–Crippen LogP) is 2.63. The van der Waals surface area contributed by atoms with Gasteiger partial charge in [0.15, 0.2) is 0 Å². The molecule has 0 fully saturated rings. The van der Waals surface area contributed by atoms with Gasteiger partial charge in [-0.15, -0.1) is 0 Å². The molecular formula is C9H21NS. The molecule has 2 heteroatoms. The van der Waals surface area contributed by atoms with E-state index < -0.39 is 0 Å². The minimum absolute atomic E-state index is 0.374. The first-order valence-electron chi connectivity index (χ1n) is 4.29. The number of thiol groups is 1. The molecule has 11 heavy (non-hydrogen) atoms. The van der Waals surface area contributed by atoms with Crippen LogP contribution in [-0.4, -0.2) is 23.4 Å². The van der Waals surface area contributed by atoms with E-state index in [0.717, 1.165) is 13.1 Å². The Morgan fingerprint density at radius 3 is 1.91 bits per heavy atom. The van der Waals surface area contributed by atoms with Gasteiger partial charge in [0, 0.05) is 11.9 Å². The highest BCUT2D eigenvalue weighted by Gasteiger charge is 2.17. The first kappa shape index (κ1) is 11.3. The predicted molar refractivity (Wildman–Crippen MR) is 55.2 cm³/mol. The topological polar surface area (TPSA) is 3.24 Å². The Morgan fingerprint density at radius 1 is 1.36 bits per heavy atom. The lowest BCUT2D eigenvalue weighted by Gasteiger charge is -2.31. The molecule has 0 aliphatic rings. The highest BCUT2D eigenvalue weighted by molar-refractivity contribution is 7.80. The van der Waals surface area contributed by atoms with Crippen molar-refractivity contribution in [3.05, 3.63) is 0 Å². The van der Waals surface area contributed by atoms with Crippen LogP contribution in [0.5, 0.6) is 0 Å². The fraction of sp³-hybridized carbons (Fsp3) is 1.00. The normalized spacial score (nSPS) is 15.5. The van der Waals surface area contributed by atoms with Crippen molar-refractivity contribution in [2.24, 2.45) is 5.41 Å². The standard InChI is InChI=1S/C9H21NS/c1-6-10(8(2)11)7-9(3,4)5/h8,11H,6-7H2,1-5H3. The second kappa shape index (κ2) is 4.36. The summed E-state index contributed by atoms with van der Waals surface area (Å²) >= 11 is 4.41. The van der Waals surface area contributed by atoms with E-state index in [9.17, 15) is 0 Å². The van der Waals surface area contributed by atoms with Gasteiger partial charge in [-0.2, -0.15) is 12.6 Å². The lowest BCUT2D eigenvalue weighted by atomic mass is 9.96. The minimum Gasteiger partial charge on any atom is -0.292 e. The lowest BCUT2D eigenvalue weighted by Crippen LogP contribution is -2.36. The molecule has 0 spiro atoms. The summed E-state index contributed by atoms with van der Waals surface area (Å²) in [5, 5.41) is 0.374. The highest BCUT2D eigenvalue weighted by atomic mass is 32.1. The molecule has 0 aromatic carbocycles. The monoisotopic (exact) mass is 175 g/mol. The van der Waals surface area contributed by atoms with E-state index in [-0.39, 0.29) is 0 Å². The van der Waals surface area contributed by atoms with Crippen LogP contribution in [0.25, 0.3) is 0 Å². The Kier molecular flexibility index (Phi) is 4.49. The summed E-state index contributed by atoms with van der Waals surface area (Å²) in [6, 6.07) is 0. The molecule has 0 aromatic rings. The second-order valence-corrected chi connectivity index (χ2v) is 5.00. The average molecular weight is 175 g/mol. The molecule has 0 aromatic heterocycles. The molecular weight excluding hydrogens is 154 g/mol. The van der Waals surface area contributed by atoms with Gasteiger partial charge in [-0.3, -0.25) is 4.90 Å². The van der Waals surface area contributed by atoms with Crippen molar-refractivity contribution in [3.63, 3.8) is 0 Å². The van der Waals surface area contributed by atoms with Crippen LogP contribution in [0.2, 0.25) is 0 Å². The third-order valence-electron chi connectivity index (χ3n) is 1.61. The Hall–Kier alpha value is 0.310. The van der Waals surface area contributed by atoms with Crippen molar-refractivity contribution in [1.82, 2.24) is 4.90 Å². The molecule has 1 unspecified atom stereocenters. The summed E-state index contributed by atoms with van der Waals surface area (Å²) in [5.74, 6) is 0. The molecule has 0 heterocycles. The summed E-state index contributed by atoms with van der Waals surface area (Å²) in [7, 11) is 0. The highest BCUT2D eigenvalue weighted by Crippen LogP contribution is 2.17. The van der Waals surface area contributed by atoms with E-state index in [2.05, 4.69) is 52.1 Å². The van der Waals surface area contributed by atoms with E-state index >= 15 is 0 Å². The molecule has 68 valence electrons. The minimum atomic E-state index is 0.374. The Bertz CT molecular complexity index is 105. The fourth-order valence-electron chi connectivity index (χ4n) is 1.12. The third-order valence-corrected chi connectivity index (χ3v) is 1.94. The van der Waals surface area contributed by atoms with Crippen LogP contribution >= 0.6 is 12.6 Å². The van der Waals surface area contributed by atoms with E-state index in [1.54, 1.807) is 0 Å². The van der Waals surface area contributed by atoms with Crippen molar-refractivity contribution in [1.29, 1.82) is 0 Å². The molecule has 0 saturated heterocycles. The van der Waals surface area contributed by atoms with Crippen LogP contribution in [0.4, 0.5) is 0 Å². The van der Waals surface area contributed by atoms with Crippen LogP contribution in [0.15, 0.2) is 0 Å². The van der Waals surface area contributed by atoms with Crippen molar-refractivity contribution in [3.8, 4) is 0 Å². The zero-order valence-corrected chi connectivity index (χ0v) is 9.28. The van der Waals surface area contributed by atoms with Crippen molar-refractivity contribution < 1.29 is 0 Å². The quantitative estimate of drug-likeness (QED) is 0.510. The van der Waals surface area contributed by atoms with Crippen LogP contribution < -0.4 is 0 Å². The van der Waals surface area contributed by atoms with Crippen LogP contribution in [0.1, 0.15) is 34.6 Å². The molecule has 1 nitrogen and oxygen atoms in total. The molecule has 0 radical (unpaired) electrons. The molecule has 0 N–H and O–H groups in total. The Labute approximate surface area is 76.6 Å². The lowest BCUT2D eigenvalue weighted by molar-refractivity contribution is 0.194. The Morgan fingerprint density at radius 2 is 1.82 bits per heavy atom. The molecule has 0 amide bonds. The number of hydrogen-bond donors (Lipinski definition) is 1. The maximum atomic E-state index is 4.41. The summed E-state index contributed by atoms with van der Waals surface area (Å²) in [6.07, 6.45) is 0. The van der Waals surface area contributed by atoms with Gasteiger partial charge >= 0.3 is 0 Å². The smallest absolute Gasteiger partial charge is 0.0499 e. The third kappa shape index (κ3) is 5.57. The summed E-state index contributed by atoms with van der Waals surface area (Å²) in [4.78, 5) is 2.36. The second-order valence-electron chi connectivity index (χ2n) is 4.26. The van der Waals surface area contributed by atoms with Gasteiger partial charge in [0.25, 0.3) is 0 Å². The van der Waals surface area contributed by atoms with Gasteiger partial charge in [0.1, 0.15) is 0 Å². The molecule has 0 aliphatic carbocycles. The Balaban J connectivity index is 3.88. The summed E-state index contributed by atoms with van der Waals surface area (Å²) < 4.78 is 0. The largest absolute Gasteiger partial charge is 0.292 e. The number of hydrogen-bond acceptors (Lipinski definition) is 2. The molecule has 1 atom stereocenters. The van der Waals surface area contributed by atoms with E-state index in [0.29, 0.717) is 10.8 Å². The van der Waals surface area contributed by atoms with Gasteiger partial charge in [-0.05, 0) is 18.9 Å². The molecule has 0 saturated carbocycles. The number of rotatable bonds is 3. The molecule has 0 bridgehead atoms. The molecule has 0 rings (SSSR count). The first-order valence-corrected chi connectivity index (χ1v) is 4.80. The zero-order valence-electron chi connectivity index (χ0n) is 8.39. The van der Waals surface area contributed by atoms with Crippen molar-refractivity contribution in [2.75, 3.05) is 13.1 Å². The van der Waals surface area contributed by atoms with Crippen LogP contribution in [0, 0.1) is 5.41 Å².